The van der Waals surface area contributed by atoms with E-state index in [9.17, 15) is 13.2 Å². The molecular weight excluding hydrogens is 179 g/mol. The van der Waals surface area contributed by atoms with Crippen molar-refractivity contribution in [1.82, 2.24) is 4.98 Å². The minimum Gasteiger partial charge on any atom is -0.261 e. The van der Waals surface area contributed by atoms with E-state index >= 15 is 0 Å². The van der Waals surface area contributed by atoms with Crippen molar-refractivity contribution < 1.29 is 13.2 Å². The summed E-state index contributed by atoms with van der Waals surface area (Å²) in [5, 5.41) is 0. The monoisotopic (exact) mass is 191 g/mol. The molecule has 0 N–H and O–H groups in total. The van der Waals surface area contributed by atoms with Gasteiger partial charge in [-0.1, -0.05) is 13.8 Å². The largest absolute Gasteiger partial charge is 0.417 e. The van der Waals surface area contributed by atoms with Crippen molar-refractivity contribution in [3.05, 3.63) is 29.6 Å². The predicted molar refractivity (Wildman–Crippen MR) is 45.3 cm³/mol. The molecule has 1 nitrogen and oxygen atoms in total. The van der Waals surface area contributed by atoms with Crippen molar-refractivity contribution in [2.45, 2.75) is 26.9 Å². The van der Waals surface area contributed by atoms with Gasteiger partial charge in [-0.25, -0.2) is 0 Å². The fraction of sp³-hybridized carbons (Fsp3) is 0.444. The molecule has 4 heteroatoms. The van der Waals surface area contributed by atoms with E-state index in [0.717, 1.165) is 12.3 Å². The van der Waals surface area contributed by atoms with Crippen LogP contribution in [0.5, 0.6) is 0 Å². The third-order valence-electron chi connectivity index (χ3n) is 1.24. The van der Waals surface area contributed by atoms with E-state index in [2.05, 4.69) is 4.98 Å². The number of alkyl halides is 3. The Morgan fingerprint density at radius 1 is 1.15 bits per heavy atom. The highest BCUT2D eigenvalue weighted by Crippen LogP contribution is 2.28. The molecule has 0 atom stereocenters. The molecule has 74 valence electrons. The average molecular weight is 191 g/mol. The second-order valence-electron chi connectivity index (χ2n) is 2.19. The highest BCUT2D eigenvalue weighted by Gasteiger charge is 2.30. The fourth-order valence-corrected chi connectivity index (χ4v) is 0.635. The standard InChI is InChI=1S/C7H6F3N.C2H6/c1-5-2-3-6(4-11-5)7(8,9)10;1-2/h2-4H,1H3;1-2H3. The summed E-state index contributed by atoms with van der Waals surface area (Å²) in [6.45, 7) is 5.64. The Balaban J connectivity index is 0.000000671. The lowest BCUT2D eigenvalue weighted by Gasteiger charge is -2.04. The van der Waals surface area contributed by atoms with Crippen LogP contribution in [0.4, 0.5) is 13.2 Å². The molecular formula is C9H12F3N. The smallest absolute Gasteiger partial charge is 0.261 e. The molecule has 0 radical (unpaired) electrons. The number of hydrogen-bond donors (Lipinski definition) is 0. The van der Waals surface area contributed by atoms with Gasteiger partial charge in [-0.3, -0.25) is 4.98 Å². The van der Waals surface area contributed by atoms with Crippen molar-refractivity contribution in [2.24, 2.45) is 0 Å². The molecule has 13 heavy (non-hydrogen) atoms. The Hall–Kier alpha value is -1.06. The van der Waals surface area contributed by atoms with Crippen LogP contribution in [-0.4, -0.2) is 4.98 Å². The first-order valence-electron chi connectivity index (χ1n) is 4.00. The number of halogens is 3. The van der Waals surface area contributed by atoms with Crippen LogP contribution in [0.2, 0.25) is 0 Å². The first-order chi connectivity index (χ1) is 6.00. The first-order valence-corrected chi connectivity index (χ1v) is 4.00. The minimum absolute atomic E-state index is 0.581. The van der Waals surface area contributed by atoms with E-state index in [1.54, 1.807) is 6.92 Å². The lowest BCUT2D eigenvalue weighted by atomic mass is 10.2. The van der Waals surface area contributed by atoms with Gasteiger partial charge in [-0.05, 0) is 19.1 Å². The van der Waals surface area contributed by atoms with E-state index in [1.807, 2.05) is 13.8 Å². The van der Waals surface area contributed by atoms with Crippen molar-refractivity contribution in [1.29, 1.82) is 0 Å². The van der Waals surface area contributed by atoms with Gasteiger partial charge in [-0.2, -0.15) is 13.2 Å². The SMILES string of the molecule is CC.Cc1ccc(C(F)(F)F)cn1. The molecule has 0 aliphatic heterocycles. The lowest BCUT2D eigenvalue weighted by molar-refractivity contribution is -0.137. The number of aromatic nitrogens is 1. The number of pyridine rings is 1. The van der Waals surface area contributed by atoms with Gasteiger partial charge in [0.2, 0.25) is 0 Å². The highest BCUT2D eigenvalue weighted by atomic mass is 19.4. The molecule has 1 heterocycles. The van der Waals surface area contributed by atoms with Crippen molar-refractivity contribution in [3.63, 3.8) is 0 Å². The number of aryl methyl sites for hydroxylation is 1. The summed E-state index contributed by atoms with van der Waals surface area (Å²) in [4.78, 5) is 3.53. The Kier molecular flexibility index (Phi) is 4.45. The molecule has 0 saturated carbocycles. The Morgan fingerprint density at radius 3 is 2.00 bits per heavy atom. The summed E-state index contributed by atoms with van der Waals surface area (Å²) < 4.78 is 35.6. The predicted octanol–water partition coefficient (Wildman–Crippen LogP) is 3.44. The minimum atomic E-state index is -4.28. The molecule has 0 unspecified atom stereocenters. The van der Waals surface area contributed by atoms with E-state index in [-0.39, 0.29) is 0 Å². The zero-order valence-corrected chi connectivity index (χ0v) is 7.81. The molecule has 0 fully saturated rings. The van der Waals surface area contributed by atoms with E-state index < -0.39 is 11.7 Å². The van der Waals surface area contributed by atoms with Crippen LogP contribution in [0.25, 0.3) is 0 Å². The molecule has 1 aromatic rings. The van der Waals surface area contributed by atoms with Gasteiger partial charge >= 0.3 is 6.18 Å². The summed E-state index contributed by atoms with van der Waals surface area (Å²) in [6, 6.07) is 2.35. The zero-order valence-electron chi connectivity index (χ0n) is 7.81. The third kappa shape index (κ3) is 3.92. The molecule has 0 aliphatic carbocycles. The maximum absolute atomic E-state index is 11.9. The van der Waals surface area contributed by atoms with Gasteiger partial charge < -0.3 is 0 Å². The Morgan fingerprint density at radius 2 is 1.69 bits per heavy atom. The highest BCUT2D eigenvalue weighted by molar-refractivity contribution is 5.15. The normalized spacial score (nSPS) is 10.3. The second kappa shape index (κ2) is 4.84. The topological polar surface area (TPSA) is 12.9 Å². The van der Waals surface area contributed by atoms with Crippen LogP contribution in [0, 0.1) is 6.92 Å². The van der Waals surface area contributed by atoms with Crippen LogP contribution in [0.15, 0.2) is 18.3 Å². The van der Waals surface area contributed by atoms with Gasteiger partial charge in [0, 0.05) is 11.9 Å². The van der Waals surface area contributed by atoms with Crippen LogP contribution in [0.3, 0.4) is 0 Å². The zero-order chi connectivity index (χ0) is 10.5. The van der Waals surface area contributed by atoms with Gasteiger partial charge in [0.25, 0.3) is 0 Å². The van der Waals surface area contributed by atoms with Crippen LogP contribution in [-0.2, 0) is 6.18 Å². The molecule has 0 saturated heterocycles. The Labute approximate surface area is 75.6 Å². The number of rotatable bonds is 0. The second-order valence-corrected chi connectivity index (χ2v) is 2.19. The van der Waals surface area contributed by atoms with Gasteiger partial charge in [0.15, 0.2) is 0 Å². The van der Waals surface area contributed by atoms with E-state index in [0.29, 0.717) is 5.69 Å². The van der Waals surface area contributed by atoms with Crippen molar-refractivity contribution in [3.8, 4) is 0 Å². The first kappa shape index (κ1) is 11.9. The summed E-state index contributed by atoms with van der Waals surface area (Å²) in [6.07, 6.45) is -3.45. The Bertz CT molecular complexity index is 238. The lowest BCUT2D eigenvalue weighted by Crippen LogP contribution is -2.05. The van der Waals surface area contributed by atoms with Gasteiger partial charge in [-0.15, -0.1) is 0 Å². The van der Waals surface area contributed by atoms with Crippen LogP contribution >= 0.6 is 0 Å². The summed E-state index contributed by atoms with van der Waals surface area (Å²) >= 11 is 0. The summed E-state index contributed by atoms with van der Waals surface area (Å²) in [5.74, 6) is 0. The van der Waals surface area contributed by atoms with Crippen molar-refractivity contribution in [2.75, 3.05) is 0 Å². The molecule has 0 amide bonds. The summed E-state index contributed by atoms with van der Waals surface area (Å²) in [7, 11) is 0. The quantitative estimate of drug-likeness (QED) is 0.612. The third-order valence-corrected chi connectivity index (χ3v) is 1.24. The fourth-order valence-electron chi connectivity index (χ4n) is 0.635. The molecule has 0 aliphatic rings. The maximum Gasteiger partial charge on any atom is 0.417 e. The van der Waals surface area contributed by atoms with E-state index in [1.165, 1.54) is 6.07 Å². The number of hydrogen-bond acceptors (Lipinski definition) is 1. The molecule has 0 aromatic carbocycles. The molecule has 0 spiro atoms. The number of nitrogens with zero attached hydrogens (tertiary/aromatic N) is 1. The van der Waals surface area contributed by atoms with Gasteiger partial charge in [0.05, 0.1) is 5.56 Å². The molecule has 1 aromatic heterocycles. The molecule has 0 bridgehead atoms. The maximum atomic E-state index is 11.9. The summed E-state index contributed by atoms with van der Waals surface area (Å²) in [5.41, 5.74) is -0.124. The van der Waals surface area contributed by atoms with Crippen LogP contribution in [0.1, 0.15) is 25.1 Å². The van der Waals surface area contributed by atoms with Crippen LogP contribution < -0.4 is 0 Å². The van der Waals surface area contributed by atoms with E-state index in [4.69, 9.17) is 0 Å². The average Bonchev–Trinajstić information content (AvgIpc) is 2.07. The molecule has 1 rings (SSSR count). The van der Waals surface area contributed by atoms with Gasteiger partial charge in [0.1, 0.15) is 0 Å². The van der Waals surface area contributed by atoms with Crippen molar-refractivity contribution >= 4 is 0 Å².